The van der Waals surface area contributed by atoms with Gasteiger partial charge in [0.15, 0.2) is 0 Å². The van der Waals surface area contributed by atoms with Crippen molar-refractivity contribution in [2.45, 2.75) is 38.4 Å². The lowest BCUT2D eigenvalue weighted by atomic mass is 10.0. The van der Waals surface area contributed by atoms with E-state index in [1.54, 1.807) is 0 Å². The van der Waals surface area contributed by atoms with Crippen molar-refractivity contribution < 1.29 is 4.79 Å². The number of carbonyl (C=O) groups is 1. The molecule has 0 atom stereocenters. The molecule has 1 fully saturated rings. The van der Waals surface area contributed by atoms with Crippen molar-refractivity contribution in [2.24, 2.45) is 0 Å². The molecule has 0 saturated carbocycles. The average molecular weight is 275 g/mol. The van der Waals surface area contributed by atoms with Crippen LogP contribution in [0.2, 0.25) is 0 Å². The zero-order valence-electron chi connectivity index (χ0n) is 12.6. The molecule has 1 aromatic carbocycles. The monoisotopic (exact) mass is 275 g/mol. The zero-order valence-corrected chi connectivity index (χ0v) is 12.6. The maximum absolute atomic E-state index is 12.2. The Labute approximate surface area is 121 Å². The molecule has 0 spiro atoms. The van der Waals surface area contributed by atoms with Gasteiger partial charge in [-0.3, -0.25) is 10.1 Å². The van der Waals surface area contributed by atoms with Crippen LogP contribution < -0.4 is 10.6 Å². The summed E-state index contributed by atoms with van der Waals surface area (Å²) in [6, 6.07) is 9.82. The second-order valence-corrected chi connectivity index (χ2v) is 6.17. The molecule has 0 aliphatic carbocycles. The first kappa shape index (κ1) is 15.0. The van der Waals surface area contributed by atoms with Crippen molar-refractivity contribution >= 4 is 5.91 Å². The maximum Gasteiger partial charge on any atom is 0.252 e. The summed E-state index contributed by atoms with van der Waals surface area (Å²) in [7, 11) is 2.15. The maximum atomic E-state index is 12.2. The molecule has 1 amide bonds. The number of hydrogen-bond donors (Lipinski definition) is 2. The Balaban J connectivity index is 1.89. The number of piperidine rings is 1. The summed E-state index contributed by atoms with van der Waals surface area (Å²) in [5, 5.41) is 6.63. The number of nitrogens with one attached hydrogen (secondary N) is 2. The standard InChI is InChI=1S/C16H25N3O/c1-16(2,17-14-9-11-19(3)12-10-14)18-15(20)13-7-5-4-6-8-13/h4-8,14,17H,9-12H2,1-3H3,(H,18,20). The second kappa shape index (κ2) is 6.37. The highest BCUT2D eigenvalue weighted by Gasteiger charge is 2.26. The summed E-state index contributed by atoms with van der Waals surface area (Å²) >= 11 is 0. The Bertz CT molecular complexity index is 436. The van der Waals surface area contributed by atoms with E-state index in [0.29, 0.717) is 11.6 Å². The smallest absolute Gasteiger partial charge is 0.252 e. The van der Waals surface area contributed by atoms with Crippen LogP contribution in [0.5, 0.6) is 0 Å². The average Bonchev–Trinajstić information content (AvgIpc) is 2.41. The summed E-state index contributed by atoms with van der Waals surface area (Å²) < 4.78 is 0. The predicted octanol–water partition coefficient (Wildman–Crippen LogP) is 1.84. The molecule has 1 aromatic rings. The number of carbonyl (C=O) groups excluding carboxylic acids is 1. The third kappa shape index (κ3) is 4.32. The van der Waals surface area contributed by atoms with Gasteiger partial charge in [-0.15, -0.1) is 0 Å². The highest BCUT2D eigenvalue weighted by atomic mass is 16.1. The van der Waals surface area contributed by atoms with Gasteiger partial charge in [0.2, 0.25) is 0 Å². The quantitative estimate of drug-likeness (QED) is 0.824. The molecule has 0 unspecified atom stereocenters. The van der Waals surface area contributed by atoms with Gasteiger partial charge in [0.25, 0.3) is 5.91 Å². The van der Waals surface area contributed by atoms with Crippen LogP contribution in [0.25, 0.3) is 0 Å². The molecule has 110 valence electrons. The summed E-state index contributed by atoms with van der Waals surface area (Å²) in [5.74, 6) is -0.0315. The van der Waals surface area contributed by atoms with Gasteiger partial charge >= 0.3 is 0 Å². The van der Waals surface area contributed by atoms with Gasteiger partial charge in [0, 0.05) is 11.6 Å². The molecule has 1 aliphatic heterocycles. The topological polar surface area (TPSA) is 44.4 Å². The highest BCUT2D eigenvalue weighted by Crippen LogP contribution is 2.12. The molecule has 0 radical (unpaired) electrons. The van der Waals surface area contributed by atoms with Crippen molar-refractivity contribution in [3.8, 4) is 0 Å². The van der Waals surface area contributed by atoms with Crippen LogP contribution >= 0.6 is 0 Å². The third-order valence-corrected chi connectivity index (χ3v) is 3.75. The molecule has 1 heterocycles. The number of benzene rings is 1. The molecule has 2 rings (SSSR count). The highest BCUT2D eigenvalue weighted by molar-refractivity contribution is 5.94. The van der Waals surface area contributed by atoms with Crippen molar-refractivity contribution in [2.75, 3.05) is 20.1 Å². The van der Waals surface area contributed by atoms with Crippen LogP contribution in [-0.2, 0) is 0 Å². The predicted molar refractivity (Wildman–Crippen MR) is 81.6 cm³/mol. The molecule has 4 heteroatoms. The molecule has 0 aromatic heterocycles. The lowest BCUT2D eigenvalue weighted by Crippen LogP contribution is -2.59. The van der Waals surface area contributed by atoms with Gasteiger partial charge in [-0.25, -0.2) is 0 Å². The van der Waals surface area contributed by atoms with Crippen LogP contribution in [0.4, 0.5) is 0 Å². The zero-order chi connectivity index (χ0) is 14.6. The van der Waals surface area contributed by atoms with Crippen LogP contribution in [0.1, 0.15) is 37.0 Å². The third-order valence-electron chi connectivity index (χ3n) is 3.75. The molecule has 0 bridgehead atoms. The van der Waals surface area contributed by atoms with Crippen LogP contribution in [0.15, 0.2) is 30.3 Å². The minimum Gasteiger partial charge on any atom is -0.335 e. The van der Waals surface area contributed by atoms with Crippen LogP contribution in [0, 0.1) is 0 Å². The van der Waals surface area contributed by atoms with E-state index in [4.69, 9.17) is 0 Å². The summed E-state index contributed by atoms with van der Waals surface area (Å²) in [5.41, 5.74) is 0.304. The van der Waals surface area contributed by atoms with Gasteiger partial charge in [0.1, 0.15) is 0 Å². The molecule has 4 nitrogen and oxygen atoms in total. The number of nitrogens with zero attached hydrogens (tertiary/aromatic N) is 1. The van der Waals surface area contributed by atoms with E-state index in [9.17, 15) is 4.79 Å². The summed E-state index contributed by atoms with van der Waals surface area (Å²) in [6.07, 6.45) is 2.25. The minimum atomic E-state index is -0.395. The number of rotatable bonds is 4. The largest absolute Gasteiger partial charge is 0.335 e. The van der Waals surface area contributed by atoms with Crippen LogP contribution in [-0.4, -0.2) is 42.6 Å². The van der Waals surface area contributed by atoms with E-state index in [-0.39, 0.29) is 5.91 Å². The number of hydrogen-bond acceptors (Lipinski definition) is 3. The Hall–Kier alpha value is -1.39. The SMILES string of the molecule is CN1CCC(NC(C)(C)NC(=O)c2ccccc2)CC1. The Kier molecular flexibility index (Phi) is 4.78. The van der Waals surface area contributed by atoms with Crippen molar-refractivity contribution in [3.63, 3.8) is 0 Å². The fourth-order valence-corrected chi connectivity index (χ4v) is 2.64. The molecule has 20 heavy (non-hydrogen) atoms. The molecule has 1 saturated heterocycles. The Morgan fingerprint density at radius 1 is 1.20 bits per heavy atom. The van der Waals surface area contributed by atoms with Crippen molar-refractivity contribution in [1.82, 2.24) is 15.5 Å². The second-order valence-electron chi connectivity index (χ2n) is 6.17. The van der Waals surface area contributed by atoms with E-state index in [2.05, 4.69) is 22.6 Å². The first-order valence-corrected chi connectivity index (χ1v) is 7.30. The van der Waals surface area contributed by atoms with Crippen LogP contribution in [0.3, 0.4) is 0 Å². The Morgan fingerprint density at radius 2 is 1.80 bits per heavy atom. The van der Waals surface area contributed by atoms with Gasteiger partial charge in [0.05, 0.1) is 5.66 Å². The summed E-state index contributed by atoms with van der Waals surface area (Å²) in [6.45, 7) is 6.26. The first-order valence-electron chi connectivity index (χ1n) is 7.30. The van der Waals surface area contributed by atoms with E-state index >= 15 is 0 Å². The lowest BCUT2D eigenvalue weighted by Gasteiger charge is -2.37. The summed E-state index contributed by atoms with van der Waals surface area (Å²) in [4.78, 5) is 14.5. The van der Waals surface area contributed by atoms with E-state index in [1.807, 2.05) is 44.2 Å². The number of likely N-dealkylation sites (tertiary alicyclic amines) is 1. The molecular weight excluding hydrogens is 250 g/mol. The minimum absolute atomic E-state index is 0.0315. The van der Waals surface area contributed by atoms with E-state index in [0.717, 1.165) is 25.9 Å². The normalized spacial score (nSPS) is 17.9. The number of amides is 1. The van der Waals surface area contributed by atoms with E-state index < -0.39 is 5.66 Å². The molecule has 2 N–H and O–H groups in total. The fourth-order valence-electron chi connectivity index (χ4n) is 2.64. The van der Waals surface area contributed by atoms with Gasteiger partial charge < -0.3 is 10.2 Å². The first-order chi connectivity index (χ1) is 9.46. The van der Waals surface area contributed by atoms with Crippen molar-refractivity contribution in [1.29, 1.82) is 0 Å². The van der Waals surface area contributed by atoms with Gasteiger partial charge in [-0.2, -0.15) is 0 Å². The molecular formula is C16H25N3O. The van der Waals surface area contributed by atoms with Crippen molar-refractivity contribution in [3.05, 3.63) is 35.9 Å². The fraction of sp³-hybridized carbons (Fsp3) is 0.562. The Morgan fingerprint density at radius 3 is 2.40 bits per heavy atom. The lowest BCUT2D eigenvalue weighted by molar-refractivity contribution is 0.0878. The van der Waals surface area contributed by atoms with Gasteiger partial charge in [-0.05, 0) is 59.0 Å². The van der Waals surface area contributed by atoms with E-state index in [1.165, 1.54) is 0 Å². The van der Waals surface area contributed by atoms with Gasteiger partial charge in [-0.1, -0.05) is 18.2 Å². The molecule has 1 aliphatic rings.